The summed E-state index contributed by atoms with van der Waals surface area (Å²) in [5.41, 5.74) is -3.86. The Labute approximate surface area is 150 Å². The van der Waals surface area contributed by atoms with Gasteiger partial charge in [0, 0.05) is 0 Å². The molecule has 2 aromatic carbocycles. The molecule has 0 fully saturated rings. The Morgan fingerprint density at radius 1 is 1.04 bits per heavy atom. The van der Waals surface area contributed by atoms with E-state index in [4.69, 9.17) is 14.1 Å². The Kier molecular flexibility index (Phi) is 5.83. The second kappa shape index (κ2) is 7.19. The molecule has 0 aliphatic rings. The van der Waals surface area contributed by atoms with Gasteiger partial charge in [0.25, 0.3) is 0 Å². The van der Waals surface area contributed by atoms with E-state index in [-0.39, 0.29) is 0 Å². The monoisotopic (exact) mass is 492 g/mol. The number of hydrogen-bond donors (Lipinski definition) is 0. The van der Waals surface area contributed by atoms with Gasteiger partial charge >= 0.3 is 151 Å². The first-order valence-electron chi connectivity index (χ1n) is 6.55. The Morgan fingerprint density at radius 2 is 1.62 bits per heavy atom. The van der Waals surface area contributed by atoms with Crippen LogP contribution in [0.5, 0.6) is 0 Å². The van der Waals surface area contributed by atoms with Gasteiger partial charge in [0.15, 0.2) is 0 Å². The molecule has 0 saturated carbocycles. The third-order valence-electron chi connectivity index (χ3n) is 2.93. The minimum atomic E-state index is -5.69. The van der Waals surface area contributed by atoms with Gasteiger partial charge in [0.05, 0.1) is 0 Å². The van der Waals surface area contributed by atoms with Crippen molar-refractivity contribution in [3.8, 4) is 0 Å². The molecule has 0 radical (unpaired) electrons. The molecule has 0 saturated heterocycles. The second-order valence-corrected chi connectivity index (χ2v) is 11.7. The molecule has 2 rings (SSSR count). The summed E-state index contributed by atoms with van der Waals surface area (Å²) in [5.74, 6) is 0. The number of hydrogen-bond acceptors (Lipinski definition) is 3. The van der Waals surface area contributed by atoms with E-state index in [0.29, 0.717) is 17.7 Å². The van der Waals surface area contributed by atoms with Gasteiger partial charge in [-0.3, -0.25) is 0 Å². The quantitative estimate of drug-likeness (QED) is 0.431. The number of aryl methyl sites for hydroxylation is 2. The first-order chi connectivity index (χ1) is 11.0. The summed E-state index contributed by atoms with van der Waals surface area (Å²) < 4.78 is 66.9. The molecule has 0 spiro atoms. The van der Waals surface area contributed by atoms with E-state index in [0.717, 1.165) is 5.56 Å². The van der Waals surface area contributed by atoms with Crippen molar-refractivity contribution in [3.05, 3.63) is 65.8 Å². The Bertz CT molecular complexity index is 836. The fourth-order valence-corrected chi connectivity index (χ4v) is 8.70. The van der Waals surface area contributed by atoms with Gasteiger partial charge in [-0.1, -0.05) is 0 Å². The average Bonchev–Trinajstić information content (AvgIpc) is 2.45. The van der Waals surface area contributed by atoms with Crippen LogP contribution < -0.4 is 0 Å². The maximum absolute atomic E-state index is 12.7. The van der Waals surface area contributed by atoms with E-state index in [1.54, 1.807) is 25.1 Å². The molecule has 0 unspecified atom stereocenters. The molecule has 9 heteroatoms. The fourth-order valence-electron chi connectivity index (χ4n) is 1.84. The van der Waals surface area contributed by atoms with Crippen LogP contribution in [-0.4, -0.2) is 13.9 Å². The Morgan fingerprint density at radius 3 is 2.12 bits per heavy atom. The van der Waals surface area contributed by atoms with E-state index in [1.807, 2.05) is 6.92 Å². The SMILES string of the molecule is Cc1ccc(I(OS(=O)(=O)C(F)(F)F)c2ccc(Cl)cc2)c(C)c1. The van der Waals surface area contributed by atoms with Crippen molar-refractivity contribution in [2.75, 3.05) is 0 Å². The van der Waals surface area contributed by atoms with Crippen LogP contribution in [0.2, 0.25) is 5.02 Å². The maximum atomic E-state index is 12.7. The van der Waals surface area contributed by atoms with Crippen molar-refractivity contribution in [2.45, 2.75) is 19.4 Å². The van der Waals surface area contributed by atoms with Crippen LogP contribution in [0, 0.1) is 21.0 Å². The minimum absolute atomic E-state index is 0.397. The van der Waals surface area contributed by atoms with Crippen LogP contribution in [-0.2, 0) is 12.6 Å². The zero-order valence-corrected chi connectivity index (χ0v) is 16.3. The van der Waals surface area contributed by atoms with Gasteiger partial charge in [-0.05, 0) is 0 Å². The number of benzene rings is 2. The van der Waals surface area contributed by atoms with Gasteiger partial charge in [-0.15, -0.1) is 0 Å². The predicted octanol–water partition coefficient (Wildman–Crippen LogP) is 5.28. The van der Waals surface area contributed by atoms with E-state index >= 15 is 0 Å². The van der Waals surface area contributed by atoms with Crippen molar-refractivity contribution in [3.63, 3.8) is 0 Å². The topological polar surface area (TPSA) is 43.4 Å². The summed E-state index contributed by atoms with van der Waals surface area (Å²) in [4.78, 5) is 0. The van der Waals surface area contributed by atoms with Crippen LogP contribution >= 0.6 is 31.8 Å². The number of rotatable bonds is 4. The number of halogens is 5. The van der Waals surface area contributed by atoms with Gasteiger partial charge in [0.1, 0.15) is 0 Å². The molecule has 2 aromatic rings. The van der Waals surface area contributed by atoms with Gasteiger partial charge in [-0.2, -0.15) is 0 Å². The third kappa shape index (κ3) is 4.41. The second-order valence-electron chi connectivity index (χ2n) is 4.90. The van der Waals surface area contributed by atoms with Crippen LogP contribution in [0.25, 0.3) is 0 Å². The van der Waals surface area contributed by atoms with E-state index in [1.165, 1.54) is 24.3 Å². The van der Waals surface area contributed by atoms with Gasteiger partial charge < -0.3 is 0 Å². The number of alkyl halides is 3. The first-order valence-corrected chi connectivity index (χ1v) is 11.4. The van der Waals surface area contributed by atoms with Crippen molar-refractivity contribution in [2.24, 2.45) is 0 Å². The molecular weight excluding hydrogens is 480 g/mol. The summed E-state index contributed by atoms with van der Waals surface area (Å²) in [5, 5.41) is 0.397. The van der Waals surface area contributed by atoms with E-state index < -0.39 is 35.9 Å². The van der Waals surface area contributed by atoms with E-state index in [2.05, 4.69) is 0 Å². The molecule has 24 heavy (non-hydrogen) atoms. The van der Waals surface area contributed by atoms with Crippen molar-refractivity contribution in [1.82, 2.24) is 0 Å². The molecule has 0 aliphatic heterocycles. The Balaban J connectivity index is 2.56. The molecular formula is C15H13ClF3IO3S. The van der Waals surface area contributed by atoms with Crippen molar-refractivity contribution < 1.29 is 24.1 Å². The zero-order chi connectivity index (χ0) is 18.1. The summed E-state index contributed by atoms with van der Waals surface area (Å²) in [6.45, 7) is 3.55. The average molecular weight is 493 g/mol. The zero-order valence-electron chi connectivity index (χ0n) is 12.6. The molecule has 0 heterocycles. The van der Waals surface area contributed by atoms with Crippen molar-refractivity contribution >= 4 is 42.0 Å². The molecule has 0 aromatic heterocycles. The van der Waals surface area contributed by atoms with Gasteiger partial charge in [-0.25, -0.2) is 0 Å². The van der Waals surface area contributed by atoms with Gasteiger partial charge in [0.2, 0.25) is 0 Å². The molecule has 132 valence electrons. The molecule has 0 atom stereocenters. The predicted molar refractivity (Wildman–Crippen MR) is 94.8 cm³/mol. The molecule has 0 aliphatic carbocycles. The molecule has 3 nitrogen and oxygen atoms in total. The van der Waals surface area contributed by atoms with Crippen LogP contribution in [0.3, 0.4) is 0 Å². The van der Waals surface area contributed by atoms with E-state index in [9.17, 15) is 21.6 Å². The molecule has 0 bridgehead atoms. The molecule has 0 amide bonds. The third-order valence-corrected chi connectivity index (χ3v) is 10.7. The van der Waals surface area contributed by atoms with Crippen LogP contribution in [0.15, 0.2) is 42.5 Å². The summed E-state index contributed by atoms with van der Waals surface area (Å²) >= 11 is 2.46. The van der Waals surface area contributed by atoms with Crippen LogP contribution in [0.4, 0.5) is 13.2 Å². The normalized spacial score (nSPS) is 13.0. The fraction of sp³-hybridized carbons (Fsp3) is 0.200. The Hall–Kier alpha value is -0.840. The summed E-state index contributed by atoms with van der Waals surface area (Å²) in [6.07, 6.45) is 0. The standard InChI is InChI=1S/C15H13ClF3IO3S/c1-10-3-8-14(11(2)9-10)20(13-6-4-12(16)5-7-13)23-24(21,22)15(17,18)19/h3-9H,1-2H3. The summed E-state index contributed by atoms with van der Waals surface area (Å²) in [7, 11) is -5.69. The summed E-state index contributed by atoms with van der Waals surface area (Å²) in [6, 6.07) is 11.1. The van der Waals surface area contributed by atoms with Crippen molar-refractivity contribution in [1.29, 1.82) is 0 Å². The first kappa shape index (κ1) is 19.5. The molecule has 0 N–H and O–H groups in total. The van der Waals surface area contributed by atoms with Crippen LogP contribution in [0.1, 0.15) is 11.1 Å².